The third kappa shape index (κ3) is 2.78. The SMILES string of the molecule is O=C1C(C2=C3C=c4ccccc4=CN3CCC2)=C([O-])/C1=C1/CCC[n+]2cc3ccccc3cc21. The van der Waals surface area contributed by atoms with Gasteiger partial charge in [0.05, 0.1) is 0 Å². The number of hydrogen-bond acceptors (Lipinski definition) is 3. The van der Waals surface area contributed by atoms with Crippen molar-refractivity contribution in [3.05, 3.63) is 105 Å². The number of allylic oxidation sites excluding steroid dienone is 5. The standard InChI is InChI=1S/C30H24N2O2/c33-29-27(23-11-5-13-31-17-21-9-3-1-7-19(21)15-25(23)31)30(34)28(29)24-12-6-14-32-18-22-10-4-2-8-20(22)16-26(24)32/h1-4,7-10,15-18H,5-6,11-14H2. The van der Waals surface area contributed by atoms with E-state index < -0.39 is 0 Å². The van der Waals surface area contributed by atoms with E-state index in [0.717, 1.165) is 71.9 Å². The molecule has 4 aliphatic rings. The Morgan fingerprint density at radius 3 is 2.47 bits per heavy atom. The van der Waals surface area contributed by atoms with Crippen LogP contribution in [0.3, 0.4) is 0 Å². The number of carbonyl (C=O) groups is 1. The molecule has 0 atom stereocenters. The zero-order valence-electron chi connectivity index (χ0n) is 18.9. The second kappa shape index (κ2) is 7.29. The summed E-state index contributed by atoms with van der Waals surface area (Å²) in [5, 5.41) is 18.2. The number of hydrogen-bond donors (Lipinski definition) is 0. The van der Waals surface area contributed by atoms with E-state index in [1.165, 1.54) is 10.6 Å². The quantitative estimate of drug-likeness (QED) is 0.428. The maximum absolute atomic E-state index is 13.6. The fourth-order valence-electron chi connectivity index (χ4n) is 5.90. The molecule has 0 unspecified atom stereocenters. The number of Topliss-reactive ketones (excluding diaryl/α,β-unsaturated/α-hetero) is 1. The number of fused-ring (bicyclic) bond motifs is 4. The fraction of sp³-hybridized carbons (Fsp3) is 0.200. The van der Waals surface area contributed by atoms with Crippen molar-refractivity contribution in [1.82, 2.24) is 4.90 Å². The number of nitrogens with zero attached hydrogens (tertiary/aromatic N) is 2. The largest absolute Gasteiger partial charge is 0.871 e. The van der Waals surface area contributed by atoms with Crippen LogP contribution in [0.5, 0.6) is 0 Å². The van der Waals surface area contributed by atoms with Crippen LogP contribution in [0.25, 0.3) is 28.6 Å². The summed E-state index contributed by atoms with van der Waals surface area (Å²) in [7, 11) is 0. The summed E-state index contributed by atoms with van der Waals surface area (Å²) in [5.74, 6) is -0.142. The molecule has 0 spiro atoms. The van der Waals surface area contributed by atoms with Crippen molar-refractivity contribution in [2.75, 3.05) is 6.54 Å². The van der Waals surface area contributed by atoms with Gasteiger partial charge in [-0.2, -0.15) is 4.57 Å². The van der Waals surface area contributed by atoms with Gasteiger partial charge in [0.1, 0.15) is 6.54 Å². The van der Waals surface area contributed by atoms with E-state index in [9.17, 15) is 9.90 Å². The van der Waals surface area contributed by atoms with Gasteiger partial charge in [0.15, 0.2) is 12.0 Å². The van der Waals surface area contributed by atoms with Gasteiger partial charge in [0.25, 0.3) is 0 Å². The maximum atomic E-state index is 13.6. The van der Waals surface area contributed by atoms with Crippen molar-refractivity contribution in [2.45, 2.75) is 32.2 Å². The van der Waals surface area contributed by atoms with E-state index in [1.807, 2.05) is 24.3 Å². The second-order valence-corrected chi connectivity index (χ2v) is 9.53. The van der Waals surface area contributed by atoms with Crippen molar-refractivity contribution < 1.29 is 14.5 Å². The first-order chi connectivity index (χ1) is 16.7. The predicted molar refractivity (Wildman–Crippen MR) is 130 cm³/mol. The van der Waals surface area contributed by atoms with Crippen LogP contribution < -0.4 is 20.1 Å². The Kier molecular flexibility index (Phi) is 4.19. The second-order valence-electron chi connectivity index (χ2n) is 9.53. The van der Waals surface area contributed by atoms with E-state index >= 15 is 0 Å². The number of carbonyl (C=O) groups excluding carboxylic acids is 1. The number of pyridine rings is 1. The van der Waals surface area contributed by atoms with Gasteiger partial charge in [-0.1, -0.05) is 48.2 Å². The molecule has 4 heterocycles. The van der Waals surface area contributed by atoms with Gasteiger partial charge in [-0.25, -0.2) is 0 Å². The van der Waals surface area contributed by atoms with Gasteiger partial charge in [-0.3, -0.25) is 4.79 Å². The van der Waals surface area contributed by atoms with Crippen LogP contribution in [0.4, 0.5) is 0 Å². The first-order valence-corrected chi connectivity index (χ1v) is 12.1. The molecule has 0 amide bonds. The van der Waals surface area contributed by atoms with Crippen LogP contribution >= 0.6 is 0 Å². The highest BCUT2D eigenvalue weighted by molar-refractivity contribution is 6.25. The molecule has 1 aliphatic carbocycles. The summed E-state index contributed by atoms with van der Waals surface area (Å²) in [6.45, 7) is 1.81. The Labute approximate surface area is 197 Å². The molecule has 3 aliphatic heterocycles. The van der Waals surface area contributed by atoms with Gasteiger partial charge in [0.2, 0.25) is 5.69 Å². The Morgan fingerprint density at radius 2 is 1.62 bits per heavy atom. The highest BCUT2D eigenvalue weighted by Gasteiger charge is 2.38. The molecule has 0 bridgehead atoms. The lowest BCUT2D eigenvalue weighted by Crippen LogP contribution is -2.43. The van der Waals surface area contributed by atoms with Crippen LogP contribution in [0.1, 0.15) is 31.4 Å². The number of aryl methyl sites for hydroxylation is 1. The molecule has 0 saturated carbocycles. The summed E-state index contributed by atoms with van der Waals surface area (Å²) in [6, 6.07) is 18.7. The van der Waals surface area contributed by atoms with Crippen LogP contribution in [-0.4, -0.2) is 17.2 Å². The number of rotatable bonds is 1. The maximum Gasteiger partial charge on any atom is 0.209 e. The molecule has 34 heavy (non-hydrogen) atoms. The van der Waals surface area contributed by atoms with Crippen LogP contribution in [0.2, 0.25) is 0 Å². The van der Waals surface area contributed by atoms with E-state index in [-0.39, 0.29) is 11.5 Å². The van der Waals surface area contributed by atoms with Crippen molar-refractivity contribution in [2.24, 2.45) is 0 Å². The zero-order valence-corrected chi connectivity index (χ0v) is 18.9. The zero-order chi connectivity index (χ0) is 22.8. The van der Waals surface area contributed by atoms with Gasteiger partial charge in [-0.05, 0) is 52.8 Å². The van der Waals surface area contributed by atoms with Crippen LogP contribution in [-0.2, 0) is 11.3 Å². The monoisotopic (exact) mass is 444 g/mol. The average Bonchev–Trinajstić information content (AvgIpc) is 2.87. The van der Waals surface area contributed by atoms with Crippen molar-refractivity contribution >= 4 is 34.4 Å². The lowest BCUT2D eigenvalue weighted by atomic mass is 9.76. The third-order valence-electron chi connectivity index (χ3n) is 7.57. The third-order valence-corrected chi connectivity index (χ3v) is 7.57. The van der Waals surface area contributed by atoms with Crippen molar-refractivity contribution in [1.29, 1.82) is 0 Å². The molecule has 0 N–H and O–H groups in total. The lowest BCUT2D eigenvalue weighted by Gasteiger charge is -2.39. The van der Waals surface area contributed by atoms with Gasteiger partial charge in [0, 0.05) is 53.0 Å². The molecule has 4 heteroatoms. The minimum atomic E-state index is -0.0711. The minimum absolute atomic E-state index is 0.0711. The molecule has 0 radical (unpaired) electrons. The number of benzene rings is 2. The average molecular weight is 445 g/mol. The molecule has 7 rings (SSSR count). The Balaban J connectivity index is 1.39. The topological polar surface area (TPSA) is 47.3 Å². The summed E-state index contributed by atoms with van der Waals surface area (Å²) >= 11 is 0. The summed E-state index contributed by atoms with van der Waals surface area (Å²) in [5.41, 5.74) is 4.66. The van der Waals surface area contributed by atoms with Crippen LogP contribution in [0, 0.1) is 0 Å². The molecule has 4 nitrogen and oxygen atoms in total. The first-order valence-electron chi connectivity index (χ1n) is 12.1. The van der Waals surface area contributed by atoms with Crippen molar-refractivity contribution in [3.63, 3.8) is 0 Å². The fourth-order valence-corrected chi connectivity index (χ4v) is 5.90. The smallest absolute Gasteiger partial charge is 0.209 e. The molecule has 2 aromatic carbocycles. The van der Waals surface area contributed by atoms with E-state index in [2.05, 4.69) is 58.3 Å². The Morgan fingerprint density at radius 1 is 0.853 bits per heavy atom. The molecule has 0 fully saturated rings. The molecule has 0 saturated heterocycles. The molecule has 166 valence electrons. The normalized spacial score (nSPS) is 21.4. The molecular weight excluding hydrogens is 420 g/mol. The van der Waals surface area contributed by atoms with E-state index in [0.29, 0.717) is 11.1 Å². The Hall–Kier alpha value is -3.92. The molecule has 1 aromatic heterocycles. The summed E-state index contributed by atoms with van der Waals surface area (Å²) in [4.78, 5) is 15.8. The predicted octanol–water partition coefficient (Wildman–Crippen LogP) is 2.45. The summed E-state index contributed by atoms with van der Waals surface area (Å²) < 4.78 is 2.21. The summed E-state index contributed by atoms with van der Waals surface area (Å²) in [6.07, 6.45) is 9.85. The Bertz CT molecular complexity index is 1640. The number of aromatic nitrogens is 1. The van der Waals surface area contributed by atoms with Crippen molar-refractivity contribution in [3.8, 4) is 0 Å². The van der Waals surface area contributed by atoms with Crippen LogP contribution in [0.15, 0.2) is 89.0 Å². The van der Waals surface area contributed by atoms with Gasteiger partial charge < -0.3 is 10.0 Å². The number of ketones is 1. The highest BCUT2D eigenvalue weighted by Crippen LogP contribution is 2.43. The van der Waals surface area contributed by atoms with Gasteiger partial charge >= 0.3 is 0 Å². The van der Waals surface area contributed by atoms with Gasteiger partial charge in [-0.15, -0.1) is 0 Å². The van der Waals surface area contributed by atoms with E-state index in [1.54, 1.807) is 0 Å². The van der Waals surface area contributed by atoms with E-state index in [4.69, 9.17) is 0 Å². The minimum Gasteiger partial charge on any atom is -0.871 e. The lowest BCUT2D eigenvalue weighted by molar-refractivity contribution is -0.701. The first kappa shape index (κ1) is 19.5. The molecule has 3 aromatic rings. The molecular formula is C30H24N2O2. The highest BCUT2D eigenvalue weighted by atomic mass is 16.3.